The van der Waals surface area contributed by atoms with Gasteiger partial charge in [-0.05, 0) is 42.7 Å². The number of anilines is 1. The Balaban J connectivity index is 2.24. The number of para-hydroxylation sites is 1. The second kappa shape index (κ2) is 8.17. The van der Waals surface area contributed by atoms with Crippen LogP contribution in [0.15, 0.2) is 53.4 Å². The lowest BCUT2D eigenvalue weighted by Crippen LogP contribution is -2.21. The molecule has 1 amide bonds. The van der Waals surface area contributed by atoms with E-state index in [0.29, 0.717) is 5.88 Å². The van der Waals surface area contributed by atoms with Crippen LogP contribution in [0.5, 0.6) is 0 Å². The summed E-state index contributed by atoms with van der Waals surface area (Å²) >= 11 is 5.66. The maximum atomic E-state index is 12.5. The van der Waals surface area contributed by atoms with Gasteiger partial charge in [-0.15, -0.1) is 11.6 Å². The van der Waals surface area contributed by atoms with E-state index in [-0.39, 0.29) is 22.1 Å². The Labute approximate surface area is 147 Å². The fraction of sp³-hybridized carbons (Fsp3) is 0.235. The number of aryl methyl sites for hydroxylation is 1. The zero-order valence-electron chi connectivity index (χ0n) is 13.3. The number of benzene rings is 2. The van der Waals surface area contributed by atoms with Gasteiger partial charge in [-0.3, -0.25) is 9.52 Å². The number of sulfonamides is 1. The van der Waals surface area contributed by atoms with Gasteiger partial charge in [0, 0.05) is 12.9 Å². The van der Waals surface area contributed by atoms with Crippen LogP contribution in [0.2, 0.25) is 0 Å². The van der Waals surface area contributed by atoms with Gasteiger partial charge in [0.25, 0.3) is 15.9 Å². The minimum absolute atomic E-state index is 0.142. The Morgan fingerprint density at radius 1 is 1.08 bits per heavy atom. The molecule has 2 N–H and O–H groups in total. The first-order valence-electron chi connectivity index (χ1n) is 7.47. The summed E-state index contributed by atoms with van der Waals surface area (Å²) in [4.78, 5) is 12.0. The van der Waals surface area contributed by atoms with Crippen molar-refractivity contribution in [3.8, 4) is 0 Å². The van der Waals surface area contributed by atoms with Crippen molar-refractivity contribution in [2.75, 3.05) is 17.6 Å². The van der Waals surface area contributed by atoms with Gasteiger partial charge >= 0.3 is 0 Å². The normalized spacial score (nSPS) is 11.1. The molecule has 2 rings (SSSR count). The van der Waals surface area contributed by atoms with Gasteiger partial charge in [-0.25, -0.2) is 8.42 Å². The van der Waals surface area contributed by atoms with E-state index in [4.69, 9.17) is 11.6 Å². The average molecular weight is 367 g/mol. The van der Waals surface area contributed by atoms with E-state index in [1.54, 1.807) is 48.5 Å². The molecule has 2 aromatic rings. The summed E-state index contributed by atoms with van der Waals surface area (Å²) in [7, 11) is -2.28. The standard InChI is InChI=1S/C17H19ClN2O3S/c1-19-17(21)15-6-2-3-7-16(15)20-24(22,23)14-10-8-13(9-11-14)5-4-12-18/h2-3,6-11,20H,4-5,12H2,1H3,(H,19,21). The van der Waals surface area contributed by atoms with Crippen LogP contribution in [0.4, 0.5) is 5.69 Å². The summed E-state index contributed by atoms with van der Waals surface area (Å²) in [6, 6.07) is 13.1. The van der Waals surface area contributed by atoms with Gasteiger partial charge in [0.1, 0.15) is 0 Å². The molecule has 0 bridgehead atoms. The van der Waals surface area contributed by atoms with Crippen molar-refractivity contribution in [2.45, 2.75) is 17.7 Å². The van der Waals surface area contributed by atoms with E-state index < -0.39 is 10.0 Å². The molecule has 0 radical (unpaired) electrons. The first-order chi connectivity index (χ1) is 11.5. The molecular formula is C17H19ClN2O3S. The Hall–Kier alpha value is -2.05. The highest BCUT2D eigenvalue weighted by molar-refractivity contribution is 7.92. The number of rotatable bonds is 7. The second-order valence-corrected chi connectivity index (χ2v) is 7.23. The highest BCUT2D eigenvalue weighted by Crippen LogP contribution is 2.20. The van der Waals surface area contributed by atoms with Crippen LogP contribution in [-0.2, 0) is 16.4 Å². The lowest BCUT2D eigenvalue weighted by Gasteiger charge is -2.12. The molecule has 0 spiro atoms. The lowest BCUT2D eigenvalue weighted by atomic mass is 10.1. The van der Waals surface area contributed by atoms with E-state index in [1.807, 2.05) is 0 Å². The number of alkyl halides is 1. The number of halogens is 1. The number of nitrogens with one attached hydrogen (secondary N) is 2. The Morgan fingerprint density at radius 2 is 1.75 bits per heavy atom. The van der Waals surface area contributed by atoms with E-state index in [2.05, 4.69) is 10.0 Å². The van der Waals surface area contributed by atoms with Crippen molar-refractivity contribution in [1.82, 2.24) is 5.32 Å². The molecule has 0 aliphatic rings. The molecule has 24 heavy (non-hydrogen) atoms. The van der Waals surface area contributed by atoms with Gasteiger partial charge in [-0.1, -0.05) is 24.3 Å². The Kier molecular flexibility index (Phi) is 6.23. The van der Waals surface area contributed by atoms with Gasteiger partial charge in [-0.2, -0.15) is 0 Å². The minimum atomic E-state index is -3.77. The van der Waals surface area contributed by atoms with Crippen molar-refractivity contribution in [3.05, 3.63) is 59.7 Å². The number of carbonyl (C=O) groups is 1. The molecule has 5 nitrogen and oxygen atoms in total. The summed E-state index contributed by atoms with van der Waals surface area (Å²) < 4.78 is 27.5. The Bertz CT molecular complexity index is 805. The molecule has 0 aliphatic heterocycles. The fourth-order valence-electron chi connectivity index (χ4n) is 2.21. The predicted molar refractivity (Wildman–Crippen MR) is 96.1 cm³/mol. The minimum Gasteiger partial charge on any atom is -0.355 e. The summed E-state index contributed by atoms with van der Waals surface area (Å²) in [6.07, 6.45) is 1.64. The SMILES string of the molecule is CNC(=O)c1ccccc1NS(=O)(=O)c1ccc(CCCCl)cc1. The van der Waals surface area contributed by atoms with Crippen LogP contribution in [0.1, 0.15) is 22.3 Å². The number of amides is 1. The molecule has 0 aromatic heterocycles. The molecule has 7 heteroatoms. The van der Waals surface area contributed by atoms with E-state index in [9.17, 15) is 13.2 Å². The second-order valence-electron chi connectivity index (χ2n) is 5.17. The third-order valence-corrected chi connectivity index (χ3v) is 5.12. The van der Waals surface area contributed by atoms with Crippen molar-refractivity contribution in [2.24, 2.45) is 0 Å². The molecule has 0 saturated carbocycles. The van der Waals surface area contributed by atoms with Gasteiger partial charge < -0.3 is 5.32 Å². The summed E-state index contributed by atoms with van der Waals surface area (Å²) in [5, 5.41) is 2.49. The maximum Gasteiger partial charge on any atom is 0.261 e. The van der Waals surface area contributed by atoms with E-state index >= 15 is 0 Å². The average Bonchev–Trinajstić information content (AvgIpc) is 2.60. The lowest BCUT2D eigenvalue weighted by molar-refractivity contribution is 0.0964. The van der Waals surface area contributed by atoms with Gasteiger partial charge in [0.05, 0.1) is 16.1 Å². The largest absolute Gasteiger partial charge is 0.355 e. The fourth-order valence-corrected chi connectivity index (χ4v) is 3.43. The molecule has 0 unspecified atom stereocenters. The molecule has 0 atom stereocenters. The third kappa shape index (κ3) is 4.49. The van der Waals surface area contributed by atoms with Crippen LogP contribution in [0.25, 0.3) is 0 Å². The van der Waals surface area contributed by atoms with Gasteiger partial charge in [0.15, 0.2) is 0 Å². The van der Waals surface area contributed by atoms with Crippen LogP contribution < -0.4 is 10.0 Å². The number of hydrogen-bond donors (Lipinski definition) is 2. The number of hydrogen-bond acceptors (Lipinski definition) is 3. The molecule has 0 heterocycles. The topological polar surface area (TPSA) is 75.3 Å². The zero-order valence-corrected chi connectivity index (χ0v) is 14.8. The van der Waals surface area contributed by atoms with E-state index in [1.165, 1.54) is 7.05 Å². The first kappa shape index (κ1) is 18.3. The molecule has 0 aliphatic carbocycles. The first-order valence-corrected chi connectivity index (χ1v) is 9.48. The maximum absolute atomic E-state index is 12.5. The quantitative estimate of drug-likeness (QED) is 0.739. The van der Waals surface area contributed by atoms with Crippen molar-refractivity contribution >= 4 is 33.2 Å². The molecular weight excluding hydrogens is 348 g/mol. The van der Waals surface area contributed by atoms with Crippen LogP contribution in [0, 0.1) is 0 Å². The van der Waals surface area contributed by atoms with Crippen LogP contribution in [0.3, 0.4) is 0 Å². The summed E-state index contributed by atoms with van der Waals surface area (Å²) in [5.74, 6) is 0.211. The highest BCUT2D eigenvalue weighted by atomic mass is 35.5. The van der Waals surface area contributed by atoms with Crippen molar-refractivity contribution in [1.29, 1.82) is 0 Å². The summed E-state index contributed by atoms with van der Waals surface area (Å²) in [6.45, 7) is 0. The molecule has 128 valence electrons. The van der Waals surface area contributed by atoms with Crippen LogP contribution >= 0.6 is 11.6 Å². The van der Waals surface area contributed by atoms with Crippen molar-refractivity contribution in [3.63, 3.8) is 0 Å². The molecule has 0 saturated heterocycles. The van der Waals surface area contributed by atoms with E-state index in [0.717, 1.165) is 18.4 Å². The van der Waals surface area contributed by atoms with Crippen molar-refractivity contribution < 1.29 is 13.2 Å². The smallest absolute Gasteiger partial charge is 0.261 e. The van der Waals surface area contributed by atoms with Crippen LogP contribution in [-0.4, -0.2) is 27.3 Å². The number of carbonyl (C=O) groups excluding carboxylic acids is 1. The predicted octanol–water partition coefficient (Wildman–Crippen LogP) is 3.02. The molecule has 2 aromatic carbocycles. The third-order valence-electron chi connectivity index (χ3n) is 3.48. The Morgan fingerprint density at radius 3 is 2.38 bits per heavy atom. The monoisotopic (exact) mass is 366 g/mol. The highest BCUT2D eigenvalue weighted by Gasteiger charge is 2.18. The summed E-state index contributed by atoms with van der Waals surface area (Å²) in [5.41, 5.74) is 1.53. The van der Waals surface area contributed by atoms with Gasteiger partial charge in [0.2, 0.25) is 0 Å². The molecule has 0 fully saturated rings. The zero-order chi connectivity index (χ0) is 17.6.